The molecule has 1 rings (SSSR count). The largest absolute Gasteiger partial charge is 0.387 e. The van der Waals surface area contributed by atoms with E-state index in [2.05, 4.69) is 5.32 Å². The van der Waals surface area contributed by atoms with Gasteiger partial charge in [0, 0.05) is 30.6 Å². The Kier molecular flexibility index (Phi) is 4.56. The zero-order valence-electron chi connectivity index (χ0n) is 12.0. The first-order valence-corrected chi connectivity index (χ1v) is 6.53. The smallest absolute Gasteiger partial charge is 0.246 e. The Balaban J connectivity index is 2.56. The minimum absolute atomic E-state index is 0.0622. The molecule has 0 aliphatic heterocycles. The van der Waals surface area contributed by atoms with E-state index in [-0.39, 0.29) is 24.0 Å². The molecule has 0 heterocycles. The SMILES string of the molecule is C/C=C(\C)C(=O)NC[C@@]1(O)C[C@@H](OCC)C1(C)C. The van der Waals surface area contributed by atoms with Gasteiger partial charge in [-0.05, 0) is 20.8 Å². The molecule has 0 saturated heterocycles. The summed E-state index contributed by atoms with van der Waals surface area (Å²) in [6.45, 7) is 10.4. The van der Waals surface area contributed by atoms with Crippen molar-refractivity contribution < 1.29 is 14.6 Å². The van der Waals surface area contributed by atoms with Gasteiger partial charge in [-0.2, -0.15) is 0 Å². The fraction of sp³-hybridized carbons (Fsp3) is 0.786. The molecule has 0 aromatic heterocycles. The molecule has 1 aliphatic carbocycles. The third-order valence-electron chi connectivity index (χ3n) is 4.23. The van der Waals surface area contributed by atoms with E-state index < -0.39 is 5.60 Å². The third-order valence-corrected chi connectivity index (χ3v) is 4.23. The molecule has 18 heavy (non-hydrogen) atoms. The van der Waals surface area contributed by atoms with Crippen LogP contribution in [-0.2, 0) is 9.53 Å². The summed E-state index contributed by atoms with van der Waals surface area (Å²) in [6.07, 6.45) is 2.39. The van der Waals surface area contributed by atoms with Crippen LogP contribution in [0.15, 0.2) is 11.6 Å². The Morgan fingerprint density at radius 3 is 2.61 bits per heavy atom. The minimum Gasteiger partial charge on any atom is -0.387 e. The Morgan fingerprint density at radius 2 is 2.17 bits per heavy atom. The van der Waals surface area contributed by atoms with Crippen molar-refractivity contribution in [1.82, 2.24) is 5.32 Å². The van der Waals surface area contributed by atoms with E-state index in [1.807, 2.05) is 27.7 Å². The first kappa shape index (κ1) is 15.2. The number of carbonyl (C=O) groups excluding carboxylic acids is 1. The molecule has 1 aliphatic rings. The van der Waals surface area contributed by atoms with Crippen LogP contribution in [0.1, 0.15) is 41.0 Å². The van der Waals surface area contributed by atoms with Gasteiger partial charge in [-0.1, -0.05) is 19.9 Å². The Labute approximate surface area is 109 Å². The molecule has 0 spiro atoms. The van der Waals surface area contributed by atoms with Gasteiger partial charge in [-0.15, -0.1) is 0 Å². The van der Waals surface area contributed by atoms with Gasteiger partial charge < -0.3 is 15.2 Å². The molecule has 1 amide bonds. The normalized spacial score (nSPS) is 30.8. The van der Waals surface area contributed by atoms with Crippen LogP contribution in [0.2, 0.25) is 0 Å². The van der Waals surface area contributed by atoms with Crippen molar-refractivity contribution in [3.05, 3.63) is 11.6 Å². The van der Waals surface area contributed by atoms with E-state index in [1.165, 1.54) is 0 Å². The molecule has 2 N–H and O–H groups in total. The second kappa shape index (κ2) is 5.41. The summed E-state index contributed by atoms with van der Waals surface area (Å²) in [5.74, 6) is -0.124. The third kappa shape index (κ3) is 2.59. The lowest BCUT2D eigenvalue weighted by Crippen LogP contribution is -2.68. The van der Waals surface area contributed by atoms with Crippen molar-refractivity contribution >= 4 is 5.91 Å². The van der Waals surface area contributed by atoms with Crippen molar-refractivity contribution in [2.45, 2.75) is 52.7 Å². The summed E-state index contributed by atoms with van der Waals surface area (Å²) in [6, 6.07) is 0. The zero-order valence-corrected chi connectivity index (χ0v) is 12.0. The number of carbonyl (C=O) groups is 1. The van der Waals surface area contributed by atoms with Gasteiger partial charge in [0.2, 0.25) is 5.91 Å². The minimum atomic E-state index is -0.878. The monoisotopic (exact) mass is 255 g/mol. The van der Waals surface area contributed by atoms with Gasteiger partial charge in [-0.25, -0.2) is 0 Å². The van der Waals surface area contributed by atoms with Crippen LogP contribution in [0.4, 0.5) is 0 Å². The maximum atomic E-state index is 11.7. The number of aliphatic hydroxyl groups is 1. The lowest BCUT2D eigenvalue weighted by atomic mass is 9.56. The molecule has 0 bridgehead atoms. The molecule has 2 atom stereocenters. The highest BCUT2D eigenvalue weighted by Crippen LogP contribution is 2.50. The first-order valence-electron chi connectivity index (χ1n) is 6.53. The molecule has 4 heteroatoms. The van der Waals surface area contributed by atoms with E-state index >= 15 is 0 Å². The summed E-state index contributed by atoms with van der Waals surface area (Å²) in [4.78, 5) is 11.7. The molecular formula is C14H25NO3. The average molecular weight is 255 g/mol. The van der Waals surface area contributed by atoms with Gasteiger partial charge in [0.15, 0.2) is 0 Å². The molecule has 1 fully saturated rings. The van der Waals surface area contributed by atoms with Gasteiger partial charge in [-0.3, -0.25) is 4.79 Å². The Morgan fingerprint density at radius 1 is 1.56 bits per heavy atom. The van der Waals surface area contributed by atoms with E-state index in [9.17, 15) is 9.90 Å². The number of rotatable bonds is 5. The van der Waals surface area contributed by atoms with E-state index in [0.717, 1.165) is 0 Å². The van der Waals surface area contributed by atoms with Crippen LogP contribution in [0.5, 0.6) is 0 Å². The lowest BCUT2D eigenvalue weighted by molar-refractivity contribution is -0.238. The van der Waals surface area contributed by atoms with Gasteiger partial charge in [0.25, 0.3) is 0 Å². The highest BCUT2D eigenvalue weighted by Gasteiger charge is 2.59. The topological polar surface area (TPSA) is 58.6 Å². The molecule has 0 radical (unpaired) electrons. The predicted octanol–water partition coefficient (Wildman–Crippen LogP) is 1.63. The molecule has 0 unspecified atom stereocenters. The maximum Gasteiger partial charge on any atom is 0.246 e. The number of amides is 1. The predicted molar refractivity (Wildman–Crippen MR) is 71.2 cm³/mol. The first-order chi connectivity index (χ1) is 8.28. The Bertz CT molecular complexity index is 349. The van der Waals surface area contributed by atoms with Crippen molar-refractivity contribution in [2.24, 2.45) is 5.41 Å². The van der Waals surface area contributed by atoms with Crippen LogP contribution in [0.25, 0.3) is 0 Å². The molecule has 104 valence electrons. The number of allylic oxidation sites excluding steroid dienone is 1. The molecule has 0 aromatic rings. The van der Waals surface area contributed by atoms with E-state index in [1.54, 1.807) is 13.0 Å². The van der Waals surface area contributed by atoms with Gasteiger partial charge in [0.1, 0.15) is 0 Å². The second-order valence-electron chi connectivity index (χ2n) is 5.56. The van der Waals surface area contributed by atoms with Crippen LogP contribution >= 0.6 is 0 Å². The summed E-state index contributed by atoms with van der Waals surface area (Å²) < 4.78 is 5.58. The summed E-state index contributed by atoms with van der Waals surface area (Å²) >= 11 is 0. The molecule has 1 saturated carbocycles. The van der Waals surface area contributed by atoms with Crippen molar-refractivity contribution in [2.75, 3.05) is 13.2 Å². The molecular weight excluding hydrogens is 230 g/mol. The van der Waals surface area contributed by atoms with Crippen LogP contribution < -0.4 is 5.32 Å². The van der Waals surface area contributed by atoms with E-state index in [0.29, 0.717) is 18.6 Å². The quantitative estimate of drug-likeness (QED) is 0.734. The van der Waals surface area contributed by atoms with Gasteiger partial charge >= 0.3 is 0 Å². The van der Waals surface area contributed by atoms with Crippen molar-refractivity contribution in [3.63, 3.8) is 0 Å². The molecule has 4 nitrogen and oxygen atoms in total. The fourth-order valence-electron chi connectivity index (χ4n) is 2.26. The van der Waals surface area contributed by atoms with Crippen LogP contribution in [-0.4, -0.2) is 35.9 Å². The lowest BCUT2D eigenvalue weighted by Gasteiger charge is -2.57. The summed E-state index contributed by atoms with van der Waals surface area (Å²) in [5, 5.41) is 13.3. The second-order valence-corrected chi connectivity index (χ2v) is 5.56. The highest BCUT2D eigenvalue weighted by molar-refractivity contribution is 5.92. The Hall–Kier alpha value is -0.870. The van der Waals surface area contributed by atoms with Crippen LogP contribution in [0.3, 0.4) is 0 Å². The van der Waals surface area contributed by atoms with Crippen molar-refractivity contribution in [3.8, 4) is 0 Å². The fourth-order valence-corrected chi connectivity index (χ4v) is 2.26. The summed E-state index contributed by atoms with van der Waals surface area (Å²) in [5.41, 5.74) is -0.548. The average Bonchev–Trinajstić information content (AvgIpc) is 2.34. The number of ether oxygens (including phenoxy) is 1. The van der Waals surface area contributed by atoms with Crippen molar-refractivity contribution in [1.29, 1.82) is 0 Å². The highest BCUT2D eigenvalue weighted by atomic mass is 16.5. The maximum absolute atomic E-state index is 11.7. The number of hydrogen-bond donors (Lipinski definition) is 2. The van der Waals surface area contributed by atoms with E-state index in [4.69, 9.17) is 4.74 Å². The van der Waals surface area contributed by atoms with Crippen LogP contribution in [0, 0.1) is 5.41 Å². The zero-order chi connectivity index (χ0) is 14.0. The standard InChI is InChI=1S/C14H25NO3/c1-6-10(3)12(16)15-9-14(17)8-11(18-7-2)13(14,4)5/h6,11,17H,7-9H2,1-5H3,(H,15,16)/b10-6+/t11-,14+/m1/s1. The number of hydrogen-bond acceptors (Lipinski definition) is 3. The molecule has 0 aromatic carbocycles. The number of nitrogens with one attached hydrogen (secondary N) is 1. The summed E-state index contributed by atoms with van der Waals surface area (Å²) in [7, 11) is 0. The van der Waals surface area contributed by atoms with Gasteiger partial charge in [0.05, 0.1) is 11.7 Å².